The minimum Gasteiger partial charge on any atom is -0.480 e. The molecular weight excluding hydrogens is 295 g/mol. The second-order valence-corrected chi connectivity index (χ2v) is 5.05. The molecule has 0 radical (unpaired) electrons. The number of hydrogen-bond acceptors (Lipinski definition) is 3. The van der Waals surface area contributed by atoms with E-state index in [1.165, 1.54) is 12.1 Å². The molecule has 0 saturated heterocycles. The number of carboxylic acid groups (broad SMARTS) is 1. The van der Waals surface area contributed by atoms with Crippen LogP contribution in [0.5, 0.6) is 0 Å². The maximum absolute atomic E-state index is 13.1. The molecule has 1 heterocycles. The van der Waals surface area contributed by atoms with Crippen molar-refractivity contribution in [2.75, 3.05) is 7.05 Å². The fourth-order valence-corrected chi connectivity index (χ4v) is 2.39. The molecule has 0 unspecified atom stereocenters. The lowest BCUT2D eigenvalue weighted by Gasteiger charge is -2.25. The van der Waals surface area contributed by atoms with Crippen molar-refractivity contribution in [3.05, 3.63) is 64.7 Å². The van der Waals surface area contributed by atoms with Gasteiger partial charge in [-0.15, -0.1) is 0 Å². The number of nitrogens with zero attached hydrogens (tertiary/aromatic N) is 2. The lowest BCUT2D eigenvalue weighted by molar-refractivity contribution is -0.143. The van der Waals surface area contributed by atoms with E-state index in [1.54, 1.807) is 24.2 Å². The molecule has 110 valence electrons. The van der Waals surface area contributed by atoms with Crippen molar-refractivity contribution < 1.29 is 14.3 Å². The molecule has 4 nitrogen and oxygen atoms in total. The summed E-state index contributed by atoms with van der Waals surface area (Å²) in [5.74, 6) is -1.55. The summed E-state index contributed by atoms with van der Waals surface area (Å²) in [5, 5.41) is 9.55. The molecule has 0 bridgehead atoms. The number of carboxylic acids is 1. The van der Waals surface area contributed by atoms with Crippen molar-refractivity contribution in [2.45, 2.75) is 12.6 Å². The number of likely N-dealkylation sites (N-methyl/N-ethyl adjacent to an activating group) is 1. The van der Waals surface area contributed by atoms with Gasteiger partial charge in [-0.05, 0) is 36.9 Å². The first-order valence-electron chi connectivity index (χ1n) is 6.27. The first-order chi connectivity index (χ1) is 9.99. The van der Waals surface area contributed by atoms with Crippen molar-refractivity contribution in [1.82, 2.24) is 9.88 Å². The lowest BCUT2D eigenvalue weighted by atomic mass is 10.1. The monoisotopic (exact) mass is 308 g/mol. The summed E-state index contributed by atoms with van der Waals surface area (Å²) in [6, 6.07) is 8.16. The van der Waals surface area contributed by atoms with E-state index in [0.717, 1.165) is 11.8 Å². The maximum Gasteiger partial charge on any atom is 0.325 e. The van der Waals surface area contributed by atoms with Gasteiger partial charge in [-0.1, -0.05) is 23.7 Å². The number of benzene rings is 1. The summed E-state index contributed by atoms with van der Waals surface area (Å²) in [5.41, 5.74) is 1.09. The molecule has 21 heavy (non-hydrogen) atoms. The van der Waals surface area contributed by atoms with E-state index in [-0.39, 0.29) is 5.02 Å². The summed E-state index contributed by atoms with van der Waals surface area (Å²) in [4.78, 5) is 17.3. The Labute approximate surface area is 126 Å². The Balaban J connectivity index is 2.28. The normalized spacial score (nSPS) is 12.4. The average molecular weight is 309 g/mol. The molecule has 2 rings (SSSR count). The third kappa shape index (κ3) is 3.77. The number of aromatic nitrogens is 1. The van der Waals surface area contributed by atoms with E-state index >= 15 is 0 Å². The minimum absolute atomic E-state index is 0.0928. The van der Waals surface area contributed by atoms with Gasteiger partial charge in [0.2, 0.25) is 0 Å². The fourth-order valence-electron chi connectivity index (χ4n) is 2.12. The molecule has 0 fully saturated rings. The zero-order valence-corrected chi connectivity index (χ0v) is 12.1. The van der Waals surface area contributed by atoms with E-state index in [2.05, 4.69) is 4.98 Å². The Kier molecular flexibility index (Phi) is 4.88. The highest BCUT2D eigenvalue weighted by Gasteiger charge is 2.27. The van der Waals surface area contributed by atoms with Gasteiger partial charge < -0.3 is 5.11 Å². The van der Waals surface area contributed by atoms with Gasteiger partial charge in [0, 0.05) is 17.8 Å². The predicted molar refractivity (Wildman–Crippen MR) is 77.5 cm³/mol. The second-order valence-electron chi connectivity index (χ2n) is 4.64. The number of halogens is 2. The van der Waals surface area contributed by atoms with Gasteiger partial charge in [-0.25, -0.2) is 4.39 Å². The molecule has 0 aliphatic carbocycles. The molecule has 6 heteroatoms. The summed E-state index contributed by atoms with van der Waals surface area (Å²) in [6.45, 7) is 0.339. The zero-order chi connectivity index (χ0) is 15.4. The highest BCUT2D eigenvalue weighted by atomic mass is 35.5. The standard InChI is InChI=1S/C15H14ClFN2O2/c1-19(9-11-4-2-3-7-18-11)14(15(20)21)12-6-5-10(17)8-13(12)16/h2-8,14H,9H2,1H3,(H,20,21)/t14-/m0/s1. The van der Waals surface area contributed by atoms with Crippen LogP contribution in [0.3, 0.4) is 0 Å². The van der Waals surface area contributed by atoms with Crippen LogP contribution in [0.4, 0.5) is 4.39 Å². The molecule has 0 aliphatic heterocycles. The van der Waals surface area contributed by atoms with Gasteiger partial charge in [0.15, 0.2) is 0 Å². The topological polar surface area (TPSA) is 53.4 Å². The van der Waals surface area contributed by atoms with Crippen LogP contribution in [0.2, 0.25) is 5.02 Å². The van der Waals surface area contributed by atoms with Gasteiger partial charge in [0.25, 0.3) is 0 Å². The van der Waals surface area contributed by atoms with Crippen LogP contribution in [0, 0.1) is 5.82 Å². The van der Waals surface area contributed by atoms with Crippen molar-refractivity contribution in [1.29, 1.82) is 0 Å². The van der Waals surface area contributed by atoms with E-state index in [9.17, 15) is 14.3 Å². The number of hydrogen-bond donors (Lipinski definition) is 1. The third-order valence-corrected chi connectivity index (χ3v) is 3.40. The number of pyridine rings is 1. The number of aliphatic carboxylic acids is 1. The van der Waals surface area contributed by atoms with Gasteiger partial charge in [-0.3, -0.25) is 14.7 Å². The Bertz CT molecular complexity index is 637. The minimum atomic E-state index is -1.05. The number of carbonyl (C=O) groups is 1. The van der Waals surface area contributed by atoms with E-state index in [0.29, 0.717) is 12.1 Å². The van der Waals surface area contributed by atoms with Gasteiger partial charge in [0.05, 0.1) is 5.69 Å². The van der Waals surface area contributed by atoms with Crippen LogP contribution in [-0.2, 0) is 11.3 Å². The van der Waals surface area contributed by atoms with E-state index < -0.39 is 17.8 Å². The SMILES string of the molecule is CN(Cc1ccccn1)[C@H](C(=O)O)c1ccc(F)cc1Cl. The molecule has 0 spiro atoms. The Morgan fingerprint density at radius 2 is 2.19 bits per heavy atom. The number of rotatable bonds is 5. The van der Waals surface area contributed by atoms with Crippen molar-refractivity contribution in [2.24, 2.45) is 0 Å². The first kappa shape index (κ1) is 15.4. The molecular formula is C15H14ClFN2O2. The van der Waals surface area contributed by atoms with Gasteiger partial charge in [0.1, 0.15) is 11.9 Å². The molecule has 0 amide bonds. The Morgan fingerprint density at radius 3 is 2.76 bits per heavy atom. The lowest BCUT2D eigenvalue weighted by Crippen LogP contribution is -2.31. The molecule has 1 atom stereocenters. The van der Waals surface area contributed by atoms with E-state index in [1.807, 2.05) is 12.1 Å². The average Bonchev–Trinajstić information content (AvgIpc) is 2.42. The van der Waals surface area contributed by atoms with Crippen LogP contribution in [0.1, 0.15) is 17.3 Å². The van der Waals surface area contributed by atoms with Crippen molar-refractivity contribution in [3.63, 3.8) is 0 Å². The molecule has 1 aromatic heterocycles. The second kappa shape index (κ2) is 6.65. The third-order valence-electron chi connectivity index (χ3n) is 3.07. The van der Waals surface area contributed by atoms with Gasteiger partial charge >= 0.3 is 5.97 Å². The van der Waals surface area contributed by atoms with E-state index in [4.69, 9.17) is 11.6 Å². The summed E-state index contributed by atoms with van der Waals surface area (Å²) < 4.78 is 13.1. The summed E-state index contributed by atoms with van der Waals surface area (Å²) in [6.07, 6.45) is 1.64. The van der Waals surface area contributed by atoms with Crippen LogP contribution >= 0.6 is 11.6 Å². The largest absolute Gasteiger partial charge is 0.480 e. The zero-order valence-electron chi connectivity index (χ0n) is 11.3. The highest BCUT2D eigenvalue weighted by molar-refractivity contribution is 6.31. The van der Waals surface area contributed by atoms with Gasteiger partial charge in [-0.2, -0.15) is 0 Å². The van der Waals surface area contributed by atoms with Crippen molar-refractivity contribution >= 4 is 17.6 Å². The molecule has 0 saturated carbocycles. The van der Waals surface area contributed by atoms with Crippen LogP contribution in [0.15, 0.2) is 42.6 Å². The fraction of sp³-hybridized carbons (Fsp3) is 0.200. The van der Waals surface area contributed by atoms with Crippen LogP contribution in [0.25, 0.3) is 0 Å². The van der Waals surface area contributed by atoms with Crippen LogP contribution in [-0.4, -0.2) is 28.0 Å². The molecule has 2 aromatic rings. The predicted octanol–water partition coefficient (Wildman–Crippen LogP) is 3.13. The smallest absolute Gasteiger partial charge is 0.325 e. The molecule has 0 aliphatic rings. The Hall–Kier alpha value is -1.98. The highest BCUT2D eigenvalue weighted by Crippen LogP contribution is 2.28. The molecule has 1 N–H and O–H groups in total. The maximum atomic E-state index is 13.1. The molecule has 1 aromatic carbocycles. The summed E-state index contributed by atoms with van der Waals surface area (Å²) >= 11 is 5.97. The quantitative estimate of drug-likeness (QED) is 0.922. The Morgan fingerprint density at radius 1 is 1.43 bits per heavy atom. The van der Waals surface area contributed by atoms with Crippen LogP contribution < -0.4 is 0 Å². The summed E-state index contributed by atoms with van der Waals surface area (Å²) in [7, 11) is 1.66. The van der Waals surface area contributed by atoms with Crippen molar-refractivity contribution in [3.8, 4) is 0 Å². The first-order valence-corrected chi connectivity index (χ1v) is 6.64.